The Balaban J connectivity index is 1.83. The lowest BCUT2D eigenvalue weighted by atomic mass is 10.1. The molecule has 0 atom stereocenters. The summed E-state index contributed by atoms with van der Waals surface area (Å²) in [4.78, 5) is 14.4. The molecule has 0 saturated carbocycles. The number of amides is 1. The second-order valence-corrected chi connectivity index (χ2v) is 5.28. The van der Waals surface area contributed by atoms with Crippen molar-refractivity contribution in [3.8, 4) is 0 Å². The summed E-state index contributed by atoms with van der Waals surface area (Å²) in [6, 6.07) is 8.00. The van der Waals surface area contributed by atoms with E-state index in [1.807, 2.05) is 18.2 Å². The average Bonchev–Trinajstić information content (AvgIpc) is 2.97. The first-order valence-electron chi connectivity index (χ1n) is 7.60. The summed E-state index contributed by atoms with van der Waals surface area (Å²) in [6.45, 7) is 6.96. The molecule has 2 rings (SSSR count). The van der Waals surface area contributed by atoms with Gasteiger partial charge in [0.2, 0.25) is 5.91 Å². The number of anilines is 1. The fourth-order valence-corrected chi connectivity index (χ4v) is 2.53. The molecule has 1 aromatic carbocycles. The predicted molar refractivity (Wildman–Crippen MR) is 82.7 cm³/mol. The highest BCUT2D eigenvalue weighted by atomic mass is 16.1. The van der Waals surface area contributed by atoms with Gasteiger partial charge in [0.05, 0.1) is 0 Å². The van der Waals surface area contributed by atoms with Crippen LogP contribution >= 0.6 is 0 Å². The van der Waals surface area contributed by atoms with Crippen molar-refractivity contribution in [1.29, 1.82) is 0 Å². The van der Waals surface area contributed by atoms with Gasteiger partial charge in [0, 0.05) is 25.2 Å². The Hall–Kier alpha value is -1.39. The smallest absolute Gasteiger partial charge is 0.225 e. The Bertz CT molecular complexity index is 427. The van der Waals surface area contributed by atoms with E-state index in [1.165, 1.54) is 12.8 Å². The molecule has 1 aromatic rings. The number of likely N-dealkylation sites (tertiary alicyclic amines) is 1. The number of para-hydroxylation sites is 1. The Morgan fingerprint density at radius 3 is 2.75 bits per heavy atom. The fraction of sp³-hybridized carbons (Fsp3) is 0.562. The number of hydrogen-bond donors (Lipinski definition) is 2. The highest BCUT2D eigenvalue weighted by Crippen LogP contribution is 2.15. The zero-order valence-corrected chi connectivity index (χ0v) is 12.3. The highest BCUT2D eigenvalue weighted by Gasteiger charge is 2.13. The molecule has 0 spiro atoms. The van der Waals surface area contributed by atoms with Gasteiger partial charge in [-0.2, -0.15) is 0 Å². The van der Waals surface area contributed by atoms with Gasteiger partial charge in [0.15, 0.2) is 0 Å². The van der Waals surface area contributed by atoms with E-state index in [9.17, 15) is 4.79 Å². The molecule has 0 radical (unpaired) electrons. The topological polar surface area (TPSA) is 44.4 Å². The molecule has 110 valence electrons. The van der Waals surface area contributed by atoms with E-state index < -0.39 is 0 Å². The molecule has 1 amide bonds. The van der Waals surface area contributed by atoms with E-state index >= 15 is 0 Å². The lowest BCUT2D eigenvalue weighted by Crippen LogP contribution is -2.25. The monoisotopic (exact) mass is 275 g/mol. The summed E-state index contributed by atoms with van der Waals surface area (Å²) in [7, 11) is 0. The number of hydrogen-bond acceptors (Lipinski definition) is 3. The summed E-state index contributed by atoms with van der Waals surface area (Å²) in [5.41, 5.74) is 2.07. The minimum absolute atomic E-state index is 0.112. The third-order valence-corrected chi connectivity index (χ3v) is 3.71. The van der Waals surface area contributed by atoms with Crippen molar-refractivity contribution in [2.45, 2.75) is 32.7 Å². The van der Waals surface area contributed by atoms with E-state index in [1.54, 1.807) is 0 Å². The van der Waals surface area contributed by atoms with Crippen molar-refractivity contribution in [3.05, 3.63) is 29.8 Å². The molecule has 0 aromatic heterocycles. The number of nitrogens with one attached hydrogen (secondary N) is 2. The number of carbonyl (C=O) groups excluding carboxylic acids is 1. The molecule has 4 nitrogen and oxygen atoms in total. The van der Waals surface area contributed by atoms with Crippen LogP contribution in [-0.4, -0.2) is 37.0 Å². The Morgan fingerprint density at radius 2 is 2.00 bits per heavy atom. The first-order chi connectivity index (χ1) is 9.79. The van der Waals surface area contributed by atoms with Crippen LogP contribution in [0.5, 0.6) is 0 Å². The van der Waals surface area contributed by atoms with E-state index in [-0.39, 0.29) is 5.91 Å². The minimum atomic E-state index is 0.112. The molecule has 0 aliphatic carbocycles. The van der Waals surface area contributed by atoms with Crippen molar-refractivity contribution >= 4 is 11.6 Å². The van der Waals surface area contributed by atoms with Gasteiger partial charge in [-0.25, -0.2) is 0 Å². The van der Waals surface area contributed by atoms with E-state index in [0.717, 1.165) is 44.0 Å². The van der Waals surface area contributed by atoms with Gasteiger partial charge in [0.1, 0.15) is 0 Å². The molecule has 1 aliphatic heterocycles. The molecule has 1 saturated heterocycles. The van der Waals surface area contributed by atoms with Crippen molar-refractivity contribution in [3.63, 3.8) is 0 Å². The molecule has 1 fully saturated rings. The average molecular weight is 275 g/mol. The summed E-state index contributed by atoms with van der Waals surface area (Å²) >= 11 is 0. The van der Waals surface area contributed by atoms with Crippen molar-refractivity contribution in [2.24, 2.45) is 0 Å². The third kappa shape index (κ3) is 4.62. The molecule has 0 bridgehead atoms. The minimum Gasteiger partial charge on any atom is -0.326 e. The third-order valence-electron chi connectivity index (χ3n) is 3.71. The van der Waals surface area contributed by atoms with Crippen molar-refractivity contribution < 1.29 is 4.79 Å². The number of benzene rings is 1. The molecule has 4 heteroatoms. The quantitative estimate of drug-likeness (QED) is 0.802. The van der Waals surface area contributed by atoms with Crippen molar-refractivity contribution in [1.82, 2.24) is 10.2 Å². The number of rotatable bonds is 7. The van der Waals surface area contributed by atoms with Gasteiger partial charge >= 0.3 is 0 Å². The van der Waals surface area contributed by atoms with Crippen LogP contribution in [0, 0.1) is 0 Å². The van der Waals surface area contributed by atoms with Crippen LogP contribution in [0.3, 0.4) is 0 Å². The van der Waals surface area contributed by atoms with Crippen LogP contribution in [0.15, 0.2) is 24.3 Å². The van der Waals surface area contributed by atoms with E-state index in [4.69, 9.17) is 0 Å². The zero-order valence-electron chi connectivity index (χ0n) is 12.3. The van der Waals surface area contributed by atoms with Gasteiger partial charge in [0.25, 0.3) is 0 Å². The first kappa shape index (κ1) is 15.0. The highest BCUT2D eigenvalue weighted by molar-refractivity contribution is 5.91. The molecule has 20 heavy (non-hydrogen) atoms. The molecular weight excluding hydrogens is 250 g/mol. The van der Waals surface area contributed by atoms with Crippen LogP contribution in [0.2, 0.25) is 0 Å². The Kier molecular flexibility index (Phi) is 6.02. The first-order valence-corrected chi connectivity index (χ1v) is 7.60. The number of carbonyl (C=O) groups is 1. The van der Waals surface area contributed by atoms with Crippen molar-refractivity contribution in [2.75, 3.05) is 31.5 Å². The van der Waals surface area contributed by atoms with Gasteiger partial charge in [-0.3, -0.25) is 4.79 Å². The maximum absolute atomic E-state index is 12.0. The number of nitrogens with zero attached hydrogens (tertiary/aromatic N) is 1. The van der Waals surface area contributed by atoms with Crippen LogP contribution in [-0.2, 0) is 11.3 Å². The fourth-order valence-electron chi connectivity index (χ4n) is 2.53. The standard InChI is InChI=1S/C16H25N3O/c1-2-17-13-14-7-3-4-8-15(14)18-16(20)9-12-19-10-5-6-11-19/h3-4,7-8,17H,2,5-6,9-13H2,1H3,(H,18,20). The Labute approximate surface area is 121 Å². The van der Waals surface area contributed by atoms with E-state index in [2.05, 4.69) is 28.5 Å². The Morgan fingerprint density at radius 1 is 1.25 bits per heavy atom. The summed E-state index contributed by atoms with van der Waals surface area (Å²) < 4.78 is 0. The molecule has 1 aliphatic rings. The second kappa shape index (κ2) is 8.02. The van der Waals surface area contributed by atoms with Crippen LogP contribution in [0.25, 0.3) is 0 Å². The summed E-state index contributed by atoms with van der Waals surface area (Å²) in [6.07, 6.45) is 3.12. The zero-order chi connectivity index (χ0) is 14.2. The van der Waals surface area contributed by atoms with Gasteiger partial charge < -0.3 is 15.5 Å². The molecule has 1 heterocycles. The summed E-state index contributed by atoms with van der Waals surface area (Å²) in [5, 5.41) is 6.33. The molecular formula is C16H25N3O. The largest absolute Gasteiger partial charge is 0.326 e. The lowest BCUT2D eigenvalue weighted by molar-refractivity contribution is -0.116. The van der Waals surface area contributed by atoms with Crippen LogP contribution in [0.1, 0.15) is 31.7 Å². The van der Waals surface area contributed by atoms with Gasteiger partial charge in [-0.15, -0.1) is 0 Å². The maximum Gasteiger partial charge on any atom is 0.225 e. The summed E-state index contributed by atoms with van der Waals surface area (Å²) in [5.74, 6) is 0.112. The molecule has 2 N–H and O–H groups in total. The maximum atomic E-state index is 12.0. The van der Waals surface area contributed by atoms with Crippen LogP contribution < -0.4 is 10.6 Å². The van der Waals surface area contributed by atoms with Crippen LogP contribution in [0.4, 0.5) is 5.69 Å². The molecule has 0 unspecified atom stereocenters. The lowest BCUT2D eigenvalue weighted by Gasteiger charge is -2.15. The normalized spacial score (nSPS) is 15.4. The second-order valence-electron chi connectivity index (χ2n) is 5.28. The SMILES string of the molecule is CCNCc1ccccc1NC(=O)CCN1CCCC1. The predicted octanol–water partition coefficient (Wildman–Crippen LogP) is 2.22. The van der Waals surface area contributed by atoms with Gasteiger partial charge in [-0.05, 0) is 44.1 Å². The van der Waals surface area contributed by atoms with Gasteiger partial charge in [-0.1, -0.05) is 25.1 Å². The van der Waals surface area contributed by atoms with E-state index in [0.29, 0.717) is 6.42 Å².